The molecule has 11 nitrogen and oxygen atoms in total. The fourth-order valence-corrected chi connectivity index (χ4v) is 14.1. The molecule has 1 saturated heterocycles. The van der Waals surface area contributed by atoms with Gasteiger partial charge in [-0.15, -0.1) is 0 Å². The topological polar surface area (TPSA) is 144 Å². The standard InChI is InChI=1S/C42H50N2O9S/c1-5-44-24-39(53-38(45)28-13-9-10-14-31(28)43-54(48,49)27-17-15-26(16-18-27)25-11-7-6-8-12-25)20-19-35(51-3)41-33(39)22-30(36(41)44)40(46)23-32(50-2)29-21-34(41)42(40,47)37(29)52-4/h6-18,29-30,32-37,43,46-47H,5,19-24H2,1-4H3/t29-,30+,32+,33-,34+,35+,36?,37+,39-,40+,41+,42+/m1/s1. The maximum Gasteiger partial charge on any atom is 0.340 e. The van der Waals surface area contributed by atoms with Crippen LogP contribution >= 0.6 is 0 Å². The number of ether oxygens (including phenoxy) is 4. The van der Waals surface area contributed by atoms with Gasteiger partial charge in [0.25, 0.3) is 10.0 Å². The van der Waals surface area contributed by atoms with Crippen molar-refractivity contribution in [3.8, 4) is 11.1 Å². The zero-order valence-electron chi connectivity index (χ0n) is 31.2. The first-order chi connectivity index (χ1) is 25.9. The maximum atomic E-state index is 14.6. The third kappa shape index (κ3) is 4.62. The van der Waals surface area contributed by atoms with Crippen LogP contribution < -0.4 is 4.72 Å². The molecular weight excluding hydrogens is 709 g/mol. The summed E-state index contributed by atoms with van der Waals surface area (Å²) in [6.45, 7) is 3.21. The van der Waals surface area contributed by atoms with E-state index in [1.165, 1.54) is 0 Å². The number of fused-ring (bicyclic) bond motifs is 2. The number of nitrogens with one attached hydrogen (secondary N) is 1. The lowest BCUT2D eigenvalue weighted by Gasteiger charge is -2.70. The lowest BCUT2D eigenvalue weighted by atomic mass is 9.44. The van der Waals surface area contributed by atoms with E-state index in [4.69, 9.17) is 18.9 Å². The molecule has 3 aromatic carbocycles. The summed E-state index contributed by atoms with van der Waals surface area (Å²) in [6.07, 6.45) is 1.42. The number of esters is 1. The van der Waals surface area contributed by atoms with Crippen molar-refractivity contribution < 1.29 is 42.4 Å². The van der Waals surface area contributed by atoms with E-state index < -0.39 is 50.2 Å². The Morgan fingerprint density at radius 2 is 1.59 bits per heavy atom. The van der Waals surface area contributed by atoms with Gasteiger partial charge in [-0.2, -0.15) is 0 Å². The van der Waals surface area contributed by atoms with E-state index in [1.54, 1.807) is 69.9 Å². The number of benzene rings is 3. The zero-order valence-corrected chi connectivity index (χ0v) is 32.0. The Bertz CT molecular complexity index is 2050. The van der Waals surface area contributed by atoms with Crippen LogP contribution in [-0.2, 0) is 29.0 Å². The fraction of sp³-hybridized carbons (Fsp3) is 0.548. The second-order valence-corrected chi connectivity index (χ2v) is 18.2. The number of carbonyl (C=O) groups is 1. The van der Waals surface area contributed by atoms with Crippen molar-refractivity contribution in [2.75, 3.05) is 39.1 Å². The highest BCUT2D eigenvalue weighted by atomic mass is 32.2. The molecule has 5 aliphatic carbocycles. The molecule has 54 heavy (non-hydrogen) atoms. The van der Waals surface area contributed by atoms with Crippen molar-refractivity contribution in [1.82, 2.24) is 4.90 Å². The van der Waals surface area contributed by atoms with Gasteiger partial charge in [0.15, 0.2) is 0 Å². The molecule has 5 saturated carbocycles. The summed E-state index contributed by atoms with van der Waals surface area (Å²) in [4.78, 5) is 17.0. The van der Waals surface area contributed by atoms with Crippen LogP contribution in [0.15, 0.2) is 83.8 Å². The molecule has 12 atom stereocenters. The first-order valence-corrected chi connectivity index (χ1v) is 20.7. The van der Waals surface area contributed by atoms with Crippen LogP contribution in [0.1, 0.15) is 49.4 Å². The number of likely N-dealkylation sites (N-methyl/N-ethyl adjacent to an activating group) is 1. The second-order valence-electron chi connectivity index (χ2n) is 16.5. The molecule has 0 amide bonds. The first kappa shape index (κ1) is 36.3. The molecule has 0 radical (unpaired) electrons. The number of hydrogen-bond donors (Lipinski definition) is 3. The first-order valence-electron chi connectivity index (χ1n) is 19.2. The predicted octanol–water partition coefficient (Wildman–Crippen LogP) is 4.73. The van der Waals surface area contributed by atoms with E-state index in [0.717, 1.165) is 11.1 Å². The van der Waals surface area contributed by atoms with Gasteiger partial charge < -0.3 is 29.2 Å². The molecule has 1 unspecified atom stereocenters. The average molecular weight is 759 g/mol. The molecule has 1 aliphatic heterocycles. The Hall–Kier alpha value is -3.36. The van der Waals surface area contributed by atoms with Crippen LogP contribution in [0.5, 0.6) is 0 Å². The predicted molar refractivity (Wildman–Crippen MR) is 200 cm³/mol. The third-order valence-corrected chi connectivity index (χ3v) is 16.2. The summed E-state index contributed by atoms with van der Waals surface area (Å²) in [5, 5.41) is 26.0. The quantitative estimate of drug-likeness (QED) is 0.249. The van der Waals surface area contributed by atoms with Crippen molar-refractivity contribution in [2.45, 2.75) is 85.1 Å². The molecule has 3 aromatic rings. The van der Waals surface area contributed by atoms with E-state index in [1.807, 2.05) is 30.3 Å². The number of sulfonamides is 1. The average Bonchev–Trinajstić information content (AvgIpc) is 3.61. The molecule has 0 aromatic heterocycles. The van der Waals surface area contributed by atoms with Gasteiger partial charge >= 0.3 is 5.97 Å². The van der Waals surface area contributed by atoms with Crippen molar-refractivity contribution >= 4 is 21.7 Å². The lowest BCUT2D eigenvalue weighted by Crippen LogP contribution is -2.83. The molecule has 6 aliphatic rings. The molecule has 9 rings (SSSR count). The highest BCUT2D eigenvalue weighted by Crippen LogP contribution is 2.79. The highest BCUT2D eigenvalue weighted by molar-refractivity contribution is 7.92. The Morgan fingerprint density at radius 1 is 0.889 bits per heavy atom. The normalized spacial score (nSPS) is 40.3. The monoisotopic (exact) mass is 758 g/mol. The van der Waals surface area contributed by atoms with Gasteiger partial charge in [-0.3, -0.25) is 9.62 Å². The third-order valence-electron chi connectivity index (χ3n) is 14.8. The molecule has 1 heterocycles. The minimum atomic E-state index is -4.07. The smallest absolute Gasteiger partial charge is 0.340 e. The molecule has 288 valence electrons. The van der Waals surface area contributed by atoms with Gasteiger partial charge in [0.1, 0.15) is 16.8 Å². The number of nitrogens with zero attached hydrogens (tertiary/aromatic N) is 1. The molecule has 1 spiro atoms. The molecule has 7 bridgehead atoms. The number of para-hydroxylation sites is 1. The number of hydrogen-bond acceptors (Lipinski definition) is 10. The number of likely N-dealkylation sites (tertiary alicyclic amines) is 1. The largest absolute Gasteiger partial charge is 0.454 e. The van der Waals surface area contributed by atoms with E-state index in [0.29, 0.717) is 45.2 Å². The van der Waals surface area contributed by atoms with Gasteiger partial charge in [0.05, 0.1) is 34.5 Å². The Balaban J connectivity index is 1.07. The Morgan fingerprint density at radius 3 is 2.28 bits per heavy atom. The Labute approximate surface area is 317 Å². The SMILES string of the molecule is CCN1C[C@]2(OC(=O)c3ccccc3NS(=O)(=O)c3ccc(-c4ccccc4)cc3)CC[C@H](OC)[C@]34C1[C@H](C[C@H]23)[C@@]1(O)C[C@H](OC)[C@H]2C[C@@H]4[C@]1(O)[C@H]2OC. The summed E-state index contributed by atoms with van der Waals surface area (Å²) >= 11 is 0. The minimum absolute atomic E-state index is 0.0697. The summed E-state index contributed by atoms with van der Waals surface area (Å²) in [6, 6.07) is 22.8. The van der Waals surface area contributed by atoms with Crippen LogP contribution in [0.25, 0.3) is 11.1 Å². The number of rotatable bonds is 10. The van der Waals surface area contributed by atoms with E-state index in [9.17, 15) is 23.4 Å². The molecule has 3 N–H and O–H groups in total. The van der Waals surface area contributed by atoms with E-state index in [-0.39, 0.29) is 52.1 Å². The zero-order chi connectivity index (χ0) is 37.8. The van der Waals surface area contributed by atoms with Crippen molar-refractivity contribution in [1.29, 1.82) is 0 Å². The van der Waals surface area contributed by atoms with Crippen LogP contribution in [-0.4, -0.2) is 105 Å². The summed E-state index contributed by atoms with van der Waals surface area (Å²) in [7, 11) is 0.938. The second kappa shape index (κ2) is 12.6. The van der Waals surface area contributed by atoms with E-state index in [2.05, 4.69) is 16.5 Å². The van der Waals surface area contributed by atoms with Gasteiger partial charge in [0, 0.05) is 69.4 Å². The van der Waals surface area contributed by atoms with Crippen molar-refractivity contribution in [3.05, 3.63) is 84.4 Å². The van der Waals surface area contributed by atoms with Crippen LogP contribution in [0.3, 0.4) is 0 Å². The lowest BCUT2D eigenvalue weighted by molar-refractivity contribution is -0.337. The molecule has 6 fully saturated rings. The summed E-state index contributed by atoms with van der Waals surface area (Å²) < 4.78 is 55.5. The fourth-order valence-electron chi connectivity index (χ4n) is 13.1. The number of methoxy groups -OCH3 is 3. The number of piperidine rings is 1. The van der Waals surface area contributed by atoms with Gasteiger partial charge in [-0.1, -0.05) is 61.5 Å². The maximum absolute atomic E-state index is 14.6. The van der Waals surface area contributed by atoms with Crippen molar-refractivity contribution in [2.24, 2.45) is 29.1 Å². The Kier molecular flexibility index (Phi) is 8.45. The van der Waals surface area contributed by atoms with Crippen molar-refractivity contribution in [3.63, 3.8) is 0 Å². The minimum Gasteiger partial charge on any atom is -0.454 e. The van der Waals surface area contributed by atoms with Gasteiger partial charge in [0.2, 0.25) is 0 Å². The summed E-state index contributed by atoms with van der Waals surface area (Å²) in [5.41, 5.74) is -2.54. The van der Waals surface area contributed by atoms with Gasteiger partial charge in [-0.25, -0.2) is 13.2 Å². The van der Waals surface area contributed by atoms with Crippen LogP contribution in [0, 0.1) is 29.1 Å². The van der Waals surface area contributed by atoms with Crippen LogP contribution in [0.4, 0.5) is 5.69 Å². The molecule has 12 heteroatoms. The summed E-state index contributed by atoms with van der Waals surface area (Å²) in [5.74, 6) is -1.71. The number of anilines is 1. The van der Waals surface area contributed by atoms with Gasteiger partial charge in [-0.05, 0) is 67.6 Å². The molecular formula is C42H50N2O9S. The number of carbonyl (C=O) groups excluding carboxylic acids is 1. The van der Waals surface area contributed by atoms with E-state index >= 15 is 0 Å². The highest BCUT2D eigenvalue weighted by Gasteiger charge is 2.89. The number of aliphatic hydroxyl groups is 2. The van der Waals surface area contributed by atoms with Crippen LogP contribution in [0.2, 0.25) is 0 Å².